The summed E-state index contributed by atoms with van der Waals surface area (Å²) in [5.74, 6) is -0.911. The van der Waals surface area contributed by atoms with Gasteiger partial charge in [0.25, 0.3) is 5.91 Å². The predicted molar refractivity (Wildman–Crippen MR) is 246 cm³/mol. The average Bonchev–Trinajstić information content (AvgIpc) is 3.66. The first-order valence-electron chi connectivity index (χ1n) is 23.9. The zero-order chi connectivity index (χ0) is 46.4. The lowest BCUT2D eigenvalue weighted by Crippen LogP contribution is -2.63. The predicted octanol–water partition coefficient (Wildman–Crippen LogP) is 6.09. The van der Waals surface area contributed by atoms with E-state index >= 15 is 4.39 Å². The van der Waals surface area contributed by atoms with Crippen LogP contribution in [0.2, 0.25) is 0 Å². The molecule has 2 atom stereocenters. The maximum atomic E-state index is 16.3. The summed E-state index contributed by atoms with van der Waals surface area (Å²) in [7, 11) is 3.12. The number of hydrogen-bond donors (Lipinski definition) is 2. The number of halogens is 2. The van der Waals surface area contributed by atoms with Crippen molar-refractivity contribution in [2.24, 2.45) is 17.3 Å². The second kappa shape index (κ2) is 18.7. The smallest absolute Gasteiger partial charge is 0.258 e. The number of fused-ring (bicyclic) bond motifs is 1. The van der Waals surface area contributed by atoms with Gasteiger partial charge in [-0.15, -0.1) is 0 Å². The van der Waals surface area contributed by atoms with Gasteiger partial charge < -0.3 is 39.1 Å². The van der Waals surface area contributed by atoms with Crippen LogP contribution in [0.15, 0.2) is 42.5 Å². The van der Waals surface area contributed by atoms with E-state index in [0.717, 1.165) is 108 Å². The number of benzene rings is 3. The van der Waals surface area contributed by atoms with Gasteiger partial charge >= 0.3 is 0 Å². The molecule has 16 heteroatoms. The van der Waals surface area contributed by atoms with Crippen molar-refractivity contribution in [3.05, 3.63) is 70.8 Å². The number of piperazine rings is 1. The SMILES string of the molecule is CCC1(CC)C(=O)N(c2cccc(F)c2O)[C@H]1c1cc(F)c(N2CCC(CN3CCN(CC4CCN(c5cc6c(c(OC)c5)C(=O)N([C@H]5CCC(=O)NC5=O)C6)CC4)CC3)CC2)cc1OC. The van der Waals surface area contributed by atoms with Gasteiger partial charge in [0.15, 0.2) is 11.6 Å². The summed E-state index contributed by atoms with van der Waals surface area (Å²) >= 11 is 0. The normalized spacial score (nSPS) is 23.3. The third kappa shape index (κ3) is 8.22. The number of imide groups is 1. The van der Waals surface area contributed by atoms with Gasteiger partial charge in [-0.1, -0.05) is 19.9 Å². The molecule has 0 bridgehead atoms. The van der Waals surface area contributed by atoms with Crippen molar-refractivity contribution in [1.82, 2.24) is 20.0 Å². The van der Waals surface area contributed by atoms with E-state index in [0.29, 0.717) is 66.0 Å². The summed E-state index contributed by atoms with van der Waals surface area (Å²) in [5.41, 5.74) is 2.58. The molecule has 0 aromatic heterocycles. The van der Waals surface area contributed by atoms with Crippen molar-refractivity contribution in [2.75, 3.05) is 94.4 Å². The number of phenolic OH excluding ortho intramolecular Hbond substituents is 1. The first kappa shape index (κ1) is 45.7. The second-order valence-corrected chi connectivity index (χ2v) is 19.1. The number of nitrogens with zero attached hydrogens (tertiary/aromatic N) is 6. The van der Waals surface area contributed by atoms with Crippen molar-refractivity contribution in [3.8, 4) is 17.2 Å². The molecule has 6 heterocycles. The standard InChI is InChI=1S/C50H63F2N7O7/c1-5-50(6-2)46(59(49(50)64)38-9-7-8-36(51)45(38)61)35-26-37(52)40(27-41(35)65-3)57-18-14-32(15-19-57)29-55-22-20-54(21-23-55)28-31-12-16-56(17-13-31)34-24-33-30-58(39-10-11-43(60)53-47(39)62)48(63)44(33)42(25-34)66-4/h7-9,24-27,31-32,39,46,61H,5-6,10-23,28-30H2,1-4H3,(H,53,60,62)/t39-,46-/m0/s1. The maximum Gasteiger partial charge on any atom is 0.258 e. The lowest BCUT2D eigenvalue weighted by atomic mass is 9.64. The quantitative estimate of drug-likeness (QED) is 0.152. The Bertz CT molecular complexity index is 2350. The summed E-state index contributed by atoms with van der Waals surface area (Å²) in [6.45, 7) is 13.7. The second-order valence-electron chi connectivity index (χ2n) is 19.1. The van der Waals surface area contributed by atoms with Crippen molar-refractivity contribution >= 4 is 40.7 Å². The summed E-state index contributed by atoms with van der Waals surface area (Å²) < 4.78 is 42.4. The minimum atomic E-state index is -0.847. The van der Waals surface area contributed by atoms with E-state index in [2.05, 4.69) is 31.0 Å². The summed E-state index contributed by atoms with van der Waals surface area (Å²) in [5, 5.41) is 13.0. The molecule has 0 radical (unpaired) electrons. The Balaban J connectivity index is 0.748. The van der Waals surface area contributed by atoms with Gasteiger partial charge in [-0.25, -0.2) is 8.78 Å². The number of aromatic hydroxyl groups is 1. The van der Waals surface area contributed by atoms with E-state index in [4.69, 9.17) is 9.47 Å². The van der Waals surface area contributed by atoms with Crippen LogP contribution in [0.3, 0.4) is 0 Å². The van der Waals surface area contributed by atoms with Crippen LogP contribution in [-0.2, 0) is 20.9 Å². The number of piperidine rings is 3. The Labute approximate surface area is 385 Å². The summed E-state index contributed by atoms with van der Waals surface area (Å²) in [6.07, 6.45) is 5.57. The van der Waals surface area contributed by atoms with Crippen molar-refractivity contribution < 1.29 is 42.5 Å². The van der Waals surface area contributed by atoms with E-state index in [-0.39, 0.29) is 29.8 Å². The van der Waals surface area contributed by atoms with Crippen LogP contribution in [0.25, 0.3) is 0 Å². The van der Waals surface area contributed by atoms with Gasteiger partial charge in [0.1, 0.15) is 23.4 Å². The molecule has 5 fully saturated rings. The molecule has 6 aliphatic heterocycles. The van der Waals surface area contributed by atoms with Crippen molar-refractivity contribution in [2.45, 2.75) is 83.8 Å². The lowest BCUT2D eigenvalue weighted by molar-refractivity contribution is -0.141. The fourth-order valence-corrected chi connectivity index (χ4v) is 11.8. The van der Waals surface area contributed by atoms with Crippen LogP contribution in [0.1, 0.15) is 92.7 Å². The number of hydrogen-bond acceptors (Lipinski definition) is 11. The Kier molecular flexibility index (Phi) is 12.9. The monoisotopic (exact) mass is 911 g/mol. The van der Waals surface area contributed by atoms with Crippen LogP contribution in [0.5, 0.6) is 17.2 Å². The number of nitrogens with one attached hydrogen (secondary N) is 1. The van der Waals surface area contributed by atoms with Crippen LogP contribution >= 0.6 is 0 Å². The number of carbonyl (C=O) groups excluding carboxylic acids is 4. The molecule has 0 aliphatic carbocycles. The Hall–Kier alpha value is -5.48. The molecule has 6 aliphatic rings. The number of carbonyl (C=O) groups is 4. The van der Waals surface area contributed by atoms with Gasteiger partial charge in [-0.3, -0.25) is 29.4 Å². The van der Waals surface area contributed by atoms with Crippen LogP contribution in [0, 0.1) is 28.9 Å². The molecule has 0 spiro atoms. The number of ether oxygens (including phenoxy) is 2. The van der Waals surface area contributed by atoms with Crippen LogP contribution < -0.4 is 29.5 Å². The summed E-state index contributed by atoms with van der Waals surface area (Å²) in [4.78, 5) is 64.2. The Morgan fingerprint density at radius 2 is 1.36 bits per heavy atom. The zero-order valence-electron chi connectivity index (χ0n) is 38.6. The number of anilines is 3. The molecular formula is C50H63F2N7O7. The van der Waals surface area contributed by atoms with Gasteiger partial charge in [0.2, 0.25) is 17.7 Å². The number of phenols is 1. The summed E-state index contributed by atoms with van der Waals surface area (Å²) in [6, 6.07) is 10.0. The van der Waals surface area contributed by atoms with E-state index in [1.165, 1.54) is 23.1 Å². The molecule has 66 heavy (non-hydrogen) atoms. The largest absolute Gasteiger partial charge is 0.503 e. The van der Waals surface area contributed by atoms with Crippen molar-refractivity contribution in [1.29, 1.82) is 0 Å². The molecule has 14 nitrogen and oxygen atoms in total. The lowest BCUT2D eigenvalue weighted by Gasteiger charge is -2.56. The minimum Gasteiger partial charge on any atom is -0.503 e. The highest BCUT2D eigenvalue weighted by atomic mass is 19.1. The highest BCUT2D eigenvalue weighted by molar-refractivity contribution is 6.08. The fourth-order valence-electron chi connectivity index (χ4n) is 11.8. The maximum absolute atomic E-state index is 16.3. The molecule has 0 unspecified atom stereocenters. The minimum absolute atomic E-state index is 0.0642. The topological polar surface area (TPSA) is 138 Å². The molecule has 5 saturated heterocycles. The number of β-lactam (4-membered cyclic amide) rings is 1. The number of para-hydroxylation sites is 1. The first-order chi connectivity index (χ1) is 31.9. The van der Waals surface area contributed by atoms with Gasteiger partial charge in [-0.05, 0) is 86.6 Å². The van der Waals surface area contributed by atoms with Crippen LogP contribution in [0.4, 0.5) is 25.8 Å². The third-order valence-corrected chi connectivity index (χ3v) is 15.7. The van der Waals surface area contributed by atoms with Gasteiger partial charge in [-0.2, -0.15) is 0 Å². The highest BCUT2D eigenvalue weighted by Crippen LogP contribution is 2.59. The van der Waals surface area contributed by atoms with E-state index in [1.54, 1.807) is 25.2 Å². The van der Waals surface area contributed by atoms with E-state index < -0.39 is 40.8 Å². The van der Waals surface area contributed by atoms with Crippen molar-refractivity contribution in [3.63, 3.8) is 0 Å². The molecule has 3 aromatic carbocycles. The molecule has 354 valence electrons. The fraction of sp³-hybridized carbons (Fsp3) is 0.560. The number of amides is 4. The number of methoxy groups -OCH3 is 2. The highest BCUT2D eigenvalue weighted by Gasteiger charge is 2.61. The van der Waals surface area contributed by atoms with Crippen LogP contribution in [-0.4, -0.2) is 129 Å². The molecule has 2 N–H and O–H groups in total. The van der Waals surface area contributed by atoms with E-state index in [1.807, 2.05) is 19.9 Å². The van der Waals surface area contributed by atoms with E-state index in [9.17, 15) is 28.7 Å². The van der Waals surface area contributed by atoms with Gasteiger partial charge in [0, 0.05) is 102 Å². The molecule has 4 amide bonds. The first-order valence-corrected chi connectivity index (χ1v) is 23.9. The molecule has 3 aromatic rings. The van der Waals surface area contributed by atoms with Gasteiger partial charge in [0.05, 0.1) is 42.6 Å². The Morgan fingerprint density at radius 3 is 1.95 bits per heavy atom. The number of rotatable bonds is 13. The molecule has 0 saturated carbocycles. The third-order valence-electron chi connectivity index (χ3n) is 15.7. The Morgan fingerprint density at radius 1 is 0.742 bits per heavy atom. The average molecular weight is 912 g/mol. The molecule has 9 rings (SSSR count). The molecular weight excluding hydrogens is 849 g/mol. The zero-order valence-corrected chi connectivity index (χ0v) is 38.6.